The minimum Gasteiger partial charge on any atom is -0.452 e. The van der Waals surface area contributed by atoms with E-state index in [1.54, 1.807) is 24.3 Å². The van der Waals surface area contributed by atoms with Crippen molar-refractivity contribution in [3.05, 3.63) is 40.9 Å². The quantitative estimate of drug-likeness (QED) is 0.735. The highest BCUT2D eigenvalue weighted by Crippen LogP contribution is 2.05. The van der Waals surface area contributed by atoms with Gasteiger partial charge >= 0.3 is 12.0 Å². The van der Waals surface area contributed by atoms with Crippen LogP contribution in [0.2, 0.25) is 0 Å². The molecule has 3 amide bonds. The van der Waals surface area contributed by atoms with Crippen molar-refractivity contribution >= 4 is 28.8 Å². The lowest BCUT2D eigenvalue weighted by Crippen LogP contribution is -2.42. The van der Waals surface area contributed by atoms with Crippen LogP contribution in [0.5, 0.6) is 0 Å². The van der Waals surface area contributed by atoms with Gasteiger partial charge in [0.05, 0.1) is 23.7 Å². The van der Waals surface area contributed by atoms with E-state index in [2.05, 4.69) is 4.98 Å². The predicted molar refractivity (Wildman–Crippen MR) is 83.9 cm³/mol. The highest BCUT2D eigenvalue weighted by atomic mass is 16.5. The van der Waals surface area contributed by atoms with Crippen LogP contribution in [-0.2, 0) is 20.9 Å². The Labute approximate surface area is 136 Å². The van der Waals surface area contributed by atoms with Crippen molar-refractivity contribution in [2.75, 3.05) is 0 Å². The molecule has 3 N–H and O–H groups in total. The average Bonchev–Trinajstić information content (AvgIpc) is 2.53. The smallest absolute Gasteiger partial charge is 0.318 e. The van der Waals surface area contributed by atoms with Crippen LogP contribution in [0.1, 0.15) is 13.3 Å². The van der Waals surface area contributed by atoms with E-state index in [9.17, 15) is 19.2 Å². The zero-order valence-electron chi connectivity index (χ0n) is 12.9. The summed E-state index contributed by atoms with van der Waals surface area (Å²) in [6.45, 7) is 1.36. The molecule has 0 spiro atoms. The number of carbonyl (C=O) groups excluding carboxylic acids is 3. The van der Waals surface area contributed by atoms with Crippen LogP contribution in [0.3, 0.4) is 0 Å². The number of hydrogen-bond acceptors (Lipinski definition) is 6. The van der Waals surface area contributed by atoms with Crippen LogP contribution in [-0.4, -0.2) is 33.6 Å². The number of aryl methyl sites for hydroxylation is 1. The summed E-state index contributed by atoms with van der Waals surface area (Å²) in [6.07, 6.45) is 0.0476. The molecule has 1 unspecified atom stereocenters. The van der Waals surface area contributed by atoms with E-state index in [-0.39, 0.29) is 18.5 Å². The van der Waals surface area contributed by atoms with Gasteiger partial charge in [0.25, 0.3) is 11.5 Å². The second-order valence-corrected chi connectivity index (χ2v) is 5.00. The van der Waals surface area contributed by atoms with Crippen molar-refractivity contribution in [1.29, 1.82) is 0 Å². The number of benzene rings is 1. The van der Waals surface area contributed by atoms with Gasteiger partial charge in [-0.25, -0.2) is 9.78 Å². The number of carbonyl (C=O) groups is 3. The molecular formula is C15H16N4O5. The number of hydrogen-bond donors (Lipinski definition) is 2. The Morgan fingerprint density at radius 2 is 2.04 bits per heavy atom. The molecule has 1 aromatic heterocycles. The molecule has 0 aliphatic rings. The third kappa shape index (κ3) is 4.15. The number of ether oxygens (including phenoxy) is 1. The van der Waals surface area contributed by atoms with Gasteiger partial charge in [0.2, 0.25) is 0 Å². The van der Waals surface area contributed by atoms with Crippen molar-refractivity contribution in [2.24, 2.45) is 5.73 Å². The van der Waals surface area contributed by atoms with Crippen LogP contribution >= 0.6 is 0 Å². The summed E-state index contributed by atoms with van der Waals surface area (Å²) in [6, 6.07) is 5.83. The number of rotatable bonds is 5. The van der Waals surface area contributed by atoms with E-state index in [0.717, 1.165) is 0 Å². The SMILES string of the molecule is CC(OC(=O)CCn1cnc2ccccc2c1=O)C(=O)NC(N)=O. The molecule has 24 heavy (non-hydrogen) atoms. The fraction of sp³-hybridized carbons (Fsp3) is 0.267. The maximum Gasteiger partial charge on any atom is 0.318 e. The minimum atomic E-state index is -1.17. The van der Waals surface area contributed by atoms with E-state index >= 15 is 0 Å². The molecule has 0 saturated heterocycles. The lowest BCUT2D eigenvalue weighted by atomic mass is 10.2. The van der Waals surface area contributed by atoms with Gasteiger partial charge < -0.3 is 10.5 Å². The normalized spacial score (nSPS) is 11.7. The minimum absolute atomic E-state index is 0.0552. The zero-order valence-corrected chi connectivity index (χ0v) is 12.9. The second kappa shape index (κ2) is 7.36. The first kappa shape index (κ1) is 17.1. The first-order chi connectivity index (χ1) is 11.4. The zero-order chi connectivity index (χ0) is 17.7. The molecule has 9 heteroatoms. The van der Waals surface area contributed by atoms with Gasteiger partial charge in [-0.15, -0.1) is 0 Å². The number of amides is 3. The molecule has 1 heterocycles. The van der Waals surface area contributed by atoms with Gasteiger partial charge in [0.1, 0.15) is 0 Å². The average molecular weight is 332 g/mol. The molecule has 0 bridgehead atoms. The number of urea groups is 1. The van der Waals surface area contributed by atoms with Crippen LogP contribution in [0.4, 0.5) is 4.79 Å². The summed E-state index contributed by atoms with van der Waals surface area (Å²) in [5.74, 6) is -1.51. The Morgan fingerprint density at radius 1 is 1.33 bits per heavy atom. The maximum absolute atomic E-state index is 12.2. The molecular weight excluding hydrogens is 316 g/mol. The lowest BCUT2D eigenvalue weighted by Gasteiger charge is -2.12. The highest BCUT2D eigenvalue weighted by Gasteiger charge is 2.19. The number of aromatic nitrogens is 2. The molecule has 2 aromatic rings. The number of nitrogens with zero attached hydrogens (tertiary/aromatic N) is 2. The number of esters is 1. The number of primary amides is 1. The van der Waals surface area contributed by atoms with E-state index in [4.69, 9.17) is 10.5 Å². The van der Waals surface area contributed by atoms with Gasteiger partial charge in [-0.1, -0.05) is 12.1 Å². The molecule has 9 nitrogen and oxygen atoms in total. The largest absolute Gasteiger partial charge is 0.452 e. The first-order valence-corrected chi connectivity index (χ1v) is 7.12. The summed E-state index contributed by atoms with van der Waals surface area (Å²) in [5.41, 5.74) is 5.10. The van der Waals surface area contributed by atoms with E-state index in [0.29, 0.717) is 10.9 Å². The first-order valence-electron chi connectivity index (χ1n) is 7.12. The van der Waals surface area contributed by atoms with Crippen molar-refractivity contribution in [3.63, 3.8) is 0 Å². The van der Waals surface area contributed by atoms with E-state index in [1.807, 2.05) is 5.32 Å². The summed E-state index contributed by atoms with van der Waals surface area (Å²) in [7, 11) is 0. The molecule has 0 aliphatic carbocycles. The summed E-state index contributed by atoms with van der Waals surface area (Å²) >= 11 is 0. The van der Waals surface area contributed by atoms with Gasteiger partial charge in [-0.05, 0) is 19.1 Å². The highest BCUT2D eigenvalue weighted by molar-refractivity contribution is 5.96. The third-order valence-corrected chi connectivity index (χ3v) is 3.21. The lowest BCUT2D eigenvalue weighted by molar-refractivity contribution is -0.154. The standard InChI is InChI=1S/C15H16N4O5/c1-9(13(21)18-15(16)23)24-12(20)6-7-19-8-17-11-5-3-2-4-10(11)14(19)22/h2-5,8-9H,6-7H2,1H3,(H3,16,18,21,23). The number of para-hydroxylation sites is 1. The summed E-state index contributed by atoms with van der Waals surface area (Å²) in [4.78, 5) is 50.1. The van der Waals surface area contributed by atoms with Crippen molar-refractivity contribution in [1.82, 2.24) is 14.9 Å². The number of imide groups is 1. The predicted octanol–water partition coefficient (Wildman–Crippen LogP) is -0.0868. The van der Waals surface area contributed by atoms with Gasteiger partial charge in [0, 0.05) is 6.54 Å². The molecule has 1 atom stereocenters. The maximum atomic E-state index is 12.2. The number of fused-ring (bicyclic) bond motifs is 1. The molecule has 0 fully saturated rings. The van der Waals surface area contributed by atoms with Crippen LogP contribution < -0.4 is 16.6 Å². The monoisotopic (exact) mass is 332 g/mol. The topological polar surface area (TPSA) is 133 Å². The Balaban J connectivity index is 1.97. The van der Waals surface area contributed by atoms with Gasteiger partial charge in [-0.2, -0.15) is 0 Å². The fourth-order valence-corrected chi connectivity index (χ4v) is 2.01. The Morgan fingerprint density at radius 3 is 2.75 bits per heavy atom. The Bertz CT molecular complexity index is 845. The van der Waals surface area contributed by atoms with Crippen molar-refractivity contribution in [2.45, 2.75) is 26.0 Å². The van der Waals surface area contributed by atoms with Crippen LogP contribution in [0.15, 0.2) is 35.4 Å². The third-order valence-electron chi connectivity index (χ3n) is 3.21. The fourth-order valence-electron chi connectivity index (χ4n) is 2.01. The van der Waals surface area contributed by atoms with E-state index in [1.165, 1.54) is 17.8 Å². The van der Waals surface area contributed by atoms with E-state index < -0.39 is 24.0 Å². The van der Waals surface area contributed by atoms with Crippen molar-refractivity contribution in [3.8, 4) is 0 Å². The molecule has 1 aromatic carbocycles. The summed E-state index contributed by atoms with van der Waals surface area (Å²) < 4.78 is 6.16. The summed E-state index contributed by atoms with van der Waals surface area (Å²) in [5, 5.41) is 2.26. The molecule has 0 aliphatic heterocycles. The molecule has 2 rings (SSSR count). The molecule has 126 valence electrons. The Kier molecular flexibility index (Phi) is 5.25. The van der Waals surface area contributed by atoms with Crippen molar-refractivity contribution < 1.29 is 19.1 Å². The van der Waals surface area contributed by atoms with Gasteiger partial charge in [-0.3, -0.25) is 24.3 Å². The number of nitrogens with two attached hydrogens (primary N) is 1. The number of nitrogens with one attached hydrogen (secondary N) is 1. The molecule has 0 radical (unpaired) electrons. The van der Waals surface area contributed by atoms with Crippen LogP contribution in [0, 0.1) is 0 Å². The Hall–Kier alpha value is -3.23. The van der Waals surface area contributed by atoms with Crippen LogP contribution in [0.25, 0.3) is 10.9 Å². The molecule has 0 saturated carbocycles. The second-order valence-electron chi connectivity index (χ2n) is 5.00. The van der Waals surface area contributed by atoms with Gasteiger partial charge in [0.15, 0.2) is 6.10 Å².